The zero-order chi connectivity index (χ0) is 32.4. The summed E-state index contributed by atoms with van der Waals surface area (Å²) in [6, 6.07) is 26.6. The van der Waals surface area contributed by atoms with Gasteiger partial charge in [0.05, 0.1) is 6.61 Å². The number of nitrogens with zero attached hydrogens (tertiary/aromatic N) is 3. The first kappa shape index (κ1) is 32.8. The number of aryl methyl sites for hydroxylation is 1. The van der Waals surface area contributed by atoms with Crippen molar-refractivity contribution in [2.75, 3.05) is 37.7 Å². The maximum atomic E-state index is 13.2. The van der Waals surface area contributed by atoms with Crippen LogP contribution in [0.15, 0.2) is 78.9 Å². The van der Waals surface area contributed by atoms with Crippen molar-refractivity contribution < 1.29 is 19.1 Å². The van der Waals surface area contributed by atoms with Crippen LogP contribution in [0.3, 0.4) is 0 Å². The molecule has 0 radical (unpaired) electrons. The highest BCUT2D eigenvalue weighted by Crippen LogP contribution is 2.32. The Labute approximate surface area is 279 Å². The van der Waals surface area contributed by atoms with Gasteiger partial charge in [-0.15, -0.1) is 0 Å². The second-order valence-electron chi connectivity index (χ2n) is 13.2. The number of fused-ring (bicyclic) bond motifs is 1. The van der Waals surface area contributed by atoms with Crippen LogP contribution in [0.4, 0.5) is 5.69 Å². The second-order valence-corrected chi connectivity index (χ2v) is 13.2. The molecule has 2 saturated heterocycles. The molecule has 3 aliphatic heterocycles. The predicted molar refractivity (Wildman–Crippen MR) is 184 cm³/mol. The van der Waals surface area contributed by atoms with Crippen molar-refractivity contribution in [3.8, 4) is 5.75 Å². The maximum Gasteiger partial charge on any atom is 0.253 e. The summed E-state index contributed by atoms with van der Waals surface area (Å²) < 4.78 is 5.92. The fraction of sp³-hybridized carbons (Fsp3) is 0.462. The third-order valence-corrected chi connectivity index (χ3v) is 9.86. The predicted octanol–water partition coefficient (Wildman–Crippen LogP) is 5.99. The van der Waals surface area contributed by atoms with E-state index in [2.05, 4.69) is 40.5 Å². The van der Waals surface area contributed by atoms with Crippen molar-refractivity contribution >= 4 is 23.4 Å². The number of unbranched alkanes of at least 4 members (excludes halogenated alkanes) is 2. The lowest BCUT2D eigenvalue weighted by molar-refractivity contribution is -0.122. The number of amides is 3. The number of likely N-dealkylation sites (tertiary alicyclic amines) is 2. The molecule has 3 amide bonds. The highest BCUT2D eigenvalue weighted by molar-refractivity contribution is 5.97. The van der Waals surface area contributed by atoms with Gasteiger partial charge in [-0.1, -0.05) is 48.5 Å². The summed E-state index contributed by atoms with van der Waals surface area (Å²) in [5.74, 6) is 1.12. The number of nitrogens with one attached hydrogen (secondary N) is 1. The average molecular weight is 637 g/mol. The summed E-state index contributed by atoms with van der Waals surface area (Å²) >= 11 is 0. The molecule has 2 fully saturated rings. The molecule has 8 heteroatoms. The van der Waals surface area contributed by atoms with Crippen LogP contribution in [0.1, 0.15) is 79.3 Å². The molecule has 3 heterocycles. The van der Waals surface area contributed by atoms with E-state index in [1.807, 2.05) is 58.3 Å². The quantitative estimate of drug-likeness (QED) is 0.247. The molecule has 0 atom stereocenters. The molecular formula is C39H48N4O4. The summed E-state index contributed by atoms with van der Waals surface area (Å²) in [7, 11) is 0. The first-order valence-electron chi connectivity index (χ1n) is 17.5. The molecule has 0 spiro atoms. The number of rotatable bonds is 12. The molecule has 6 rings (SSSR count). The molecule has 0 aliphatic carbocycles. The largest absolute Gasteiger partial charge is 0.494 e. The number of carbonyl (C=O) groups is 3. The lowest BCUT2D eigenvalue weighted by atomic mass is 9.95. The lowest BCUT2D eigenvalue weighted by Gasteiger charge is -2.41. The minimum atomic E-state index is 0.0244. The Morgan fingerprint density at radius 3 is 2.26 bits per heavy atom. The van der Waals surface area contributed by atoms with Crippen molar-refractivity contribution in [3.05, 3.63) is 95.6 Å². The molecule has 0 aromatic heterocycles. The van der Waals surface area contributed by atoms with Gasteiger partial charge in [-0.25, -0.2) is 0 Å². The summed E-state index contributed by atoms with van der Waals surface area (Å²) in [6.45, 7) is 4.87. The van der Waals surface area contributed by atoms with Crippen LogP contribution >= 0.6 is 0 Å². The van der Waals surface area contributed by atoms with Gasteiger partial charge in [0.15, 0.2) is 0 Å². The normalized spacial score (nSPS) is 17.7. The SMILES string of the molecule is O=C(CCCCCOc1ccc(C(=O)N2CCC(N3C(=O)CCc4ccccc43)CC2)cc1)NC1CCN(Cc2ccccc2)CC1. The van der Waals surface area contributed by atoms with Crippen LogP contribution in [0.2, 0.25) is 0 Å². The van der Waals surface area contributed by atoms with E-state index in [-0.39, 0.29) is 29.8 Å². The third-order valence-electron chi connectivity index (χ3n) is 9.86. The van der Waals surface area contributed by atoms with E-state index in [1.165, 1.54) is 11.1 Å². The minimum absolute atomic E-state index is 0.0244. The van der Waals surface area contributed by atoms with Gasteiger partial charge in [-0.2, -0.15) is 0 Å². The van der Waals surface area contributed by atoms with Gasteiger partial charge in [0.25, 0.3) is 5.91 Å². The molecule has 3 aromatic rings. The Morgan fingerprint density at radius 1 is 0.766 bits per heavy atom. The number of hydrogen-bond donors (Lipinski definition) is 1. The van der Waals surface area contributed by atoms with E-state index in [9.17, 15) is 14.4 Å². The van der Waals surface area contributed by atoms with E-state index in [0.29, 0.717) is 38.1 Å². The van der Waals surface area contributed by atoms with Crippen molar-refractivity contribution in [1.29, 1.82) is 0 Å². The number of carbonyl (C=O) groups excluding carboxylic acids is 3. The molecule has 3 aromatic carbocycles. The number of piperidine rings is 2. The van der Waals surface area contributed by atoms with Gasteiger partial charge >= 0.3 is 0 Å². The molecule has 8 nitrogen and oxygen atoms in total. The van der Waals surface area contributed by atoms with Crippen molar-refractivity contribution in [1.82, 2.24) is 15.1 Å². The number of hydrogen-bond acceptors (Lipinski definition) is 5. The molecule has 1 N–H and O–H groups in total. The van der Waals surface area contributed by atoms with Crippen molar-refractivity contribution in [2.45, 2.75) is 82.8 Å². The van der Waals surface area contributed by atoms with E-state index >= 15 is 0 Å². The summed E-state index contributed by atoms with van der Waals surface area (Å²) in [6.07, 6.45) is 8.15. The van der Waals surface area contributed by atoms with Gasteiger partial charge in [-0.3, -0.25) is 19.3 Å². The topological polar surface area (TPSA) is 82.2 Å². The van der Waals surface area contributed by atoms with E-state index in [4.69, 9.17) is 4.74 Å². The van der Waals surface area contributed by atoms with Crippen LogP contribution < -0.4 is 15.0 Å². The van der Waals surface area contributed by atoms with E-state index < -0.39 is 0 Å². The first-order chi connectivity index (χ1) is 23.0. The smallest absolute Gasteiger partial charge is 0.253 e. The Morgan fingerprint density at radius 2 is 1.49 bits per heavy atom. The minimum Gasteiger partial charge on any atom is -0.494 e. The van der Waals surface area contributed by atoms with E-state index in [1.54, 1.807) is 0 Å². The Bertz CT molecular complexity index is 1480. The Kier molecular flexibility index (Phi) is 11.2. The number of anilines is 1. The second kappa shape index (κ2) is 16.1. The molecule has 47 heavy (non-hydrogen) atoms. The molecule has 0 unspecified atom stereocenters. The molecule has 0 saturated carbocycles. The fourth-order valence-corrected chi connectivity index (χ4v) is 7.19. The lowest BCUT2D eigenvalue weighted by Crippen LogP contribution is -2.50. The molecule has 248 valence electrons. The van der Waals surface area contributed by atoms with Crippen molar-refractivity contribution in [3.63, 3.8) is 0 Å². The summed E-state index contributed by atoms with van der Waals surface area (Å²) in [5, 5.41) is 3.24. The Hall–Kier alpha value is -4.17. The summed E-state index contributed by atoms with van der Waals surface area (Å²) in [5.41, 5.74) is 4.27. The number of ether oxygens (including phenoxy) is 1. The zero-order valence-corrected chi connectivity index (χ0v) is 27.4. The van der Waals surface area contributed by atoms with Crippen LogP contribution in [-0.4, -0.2) is 72.4 Å². The van der Waals surface area contributed by atoms with Gasteiger partial charge in [0, 0.05) is 68.9 Å². The third kappa shape index (κ3) is 8.80. The molecule has 3 aliphatic rings. The molecule has 0 bridgehead atoms. The van der Waals surface area contributed by atoms with Crippen LogP contribution in [-0.2, 0) is 22.6 Å². The van der Waals surface area contributed by atoms with Crippen LogP contribution in [0.5, 0.6) is 5.75 Å². The van der Waals surface area contributed by atoms with E-state index in [0.717, 1.165) is 82.4 Å². The van der Waals surface area contributed by atoms with Gasteiger partial charge in [-0.05, 0) is 92.8 Å². The maximum absolute atomic E-state index is 13.2. The summed E-state index contributed by atoms with van der Waals surface area (Å²) in [4.78, 5) is 44.9. The van der Waals surface area contributed by atoms with Gasteiger partial charge < -0.3 is 19.9 Å². The fourth-order valence-electron chi connectivity index (χ4n) is 7.19. The van der Waals surface area contributed by atoms with Crippen molar-refractivity contribution in [2.24, 2.45) is 0 Å². The number of para-hydroxylation sites is 1. The van der Waals surface area contributed by atoms with Crippen LogP contribution in [0, 0.1) is 0 Å². The average Bonchev–Trinajstić information content (AvgIpc) is 3.11. The molecular weight excluding hydrogens is 588 g/mol. The number of benzene rings is 3. The van der Waals surface area contributed by atoms with Gasteiger partial charge in [0.2, 0.25) is 11.8 Å². The monoisotopic (exact) mass is 636 g/mol. The van der Waals surface area contributed by atoms with Crippen LogP contribution in [0.25, 0.3) is 0 Å². The van der Waals surface area contributed by atoms with Gasteiger partial charge in [0.1, 0.15) is 5.75 Å². The zero-order valence-electron chi connectivity index (χ0n) is 27.4. The highest BCUT2D eigenvalue weighted by atomic mass is 16.5. The Balaban J connectivity index is 0.838. The first-order valence-corrected chi connectivity index (χ1v) is 17.5. The highest BCUT2D eigenvalue weighted by Gasteiger charge is 2.33. The standard InChI is InChI=1S/C39H48N4O4/c44-37(40-33-20-24-41(25-21-33)29-30-9-3-1-4-10-30)13-5-2-8-28-47-35-17-14-32(15-18-35)39(46)42-26-22-34(23-27-42)43-36-12-7-6-11-31(36)16-19-38(43)45/h1,3-4,6-7,9-12,14-15,17-18,33-34H,2,5,8,13,16,19-29H2,(H,40,44).